The monoisotopic (exact) mass is 569 g/mol. The van der Waals surface area contributed by atoms with Crippen molar-refractivity contribution in [3.05, 3.63) is 52.5 Å². The third-order valence-corrected chi connectivity index (χ3v) is 8.11. The molecule has 40 heavy (non-hydrogen) atoms. The number of unbranched alkanes of at least 4 members (excludes halogenated alkanes) is 1. The summed E-state index contributed by atoms with van der Waals surface area (Å²) in [6, 6.07) is 6.88. The van der Waals surface area contributed by atoms with Gasteiger partial charge in [0.25, 0.3) is 0 Å². The van der Waals surface area contributed by atoms with Crippen LogP contribution in [0, 0.1) is 19.8 Å². The quantitative estimate of drug-likeness (QED) is 0.281. The van der Waals surface area contributed by atoms with Crippen molar-refractivity contribution in [2.24, 2.45) is 11.7 Å². The number of amides is 2. The van der Waals surface area contributed by atoms with Gasteiger partial charge in [0.15, 0.2) is 0 Å². The van der Waals surface area contributed by atoms with Gasteiger partial charge in [-0.05, 0) is 50.8 Å². The number of hydrogen-bond donors (Lipinski definition) is 3. The number of nitrogens with two attached hydrogens (primary N) is 1. The molecular weight excluding hydrogens is 530 g/mol. The van der Waals surface area contributed by atoms with Gasteiger partial charge >= 0.3 is 0 Å². The molecule has 0 aliphatic carbocycles. The molecule has 2 aromatic heterocycles. The van der Waals surface area contributed by atoms with E-state index in [2.05, 4.69) is 15.5 Å². The van der Waals surface area contributed by atoms with Crippen molar-refractivity contribution >= 4 is 23.2 Å². The number of β-amino-alcohol motifs (C(OH)–C–C–N with tert-alkyl or cyclic N) is 1. The van der Waals surface area contributed by atoms with Crippen LogP contribution in [0.1, 0.15) is 61.7 Å². The van der Waals surface area contributed by atoms with Crippen molar-refractivity contribution in [1.29, 1.82) is 0 Å². The Balaban J connectivity index is 1.49. The van der Waals surface area contributed by atoms with Crippen molar-refractivity contribution in [3.8, 4) is 16.2 Å². The number of hydrogen-bond acceptors (Lipinski definition) is 9. The van der Waals surface area contributed by atoms with E-state index in [1.807, 2.05) is 44.5 Å². The molecule has 1 unspecified atom stereocenters. The van der Waals surface area contributed by atoms with Crippen molar-refractivity contribution in [2.75, 3.05) is 19.7 Å². The van der Waals surface area contributed by atoms with Crippen LogP contribution in [0.15, 0.2) is 34.3 Å². The van der Waals surface area contributed by atoms with Crippen molar-refractivity contribution < 1.29 is 24.0 Å². The summed E-state index contributed by atoms with van der Waals surface area (Å²) >= 11 is 1.57. The Hall–Kier alpha value is -3.28. The Morgan fingerprint density at radius 3 is 2.73 bits per heavy atom. The van der Waals surface area contributed by atoms with Crippen LogP contribution in [0.5, 0.6) is 5.75 Å². The van der Waals surface area contributed by atoms with Gasteiger partial charge in [0, 0.05) is 31.1 Å². The highest BCUT2D eigenvalue weighted by Gasteiger charge is 2.43. The number of rotatable bonds is 12. The smallest absolute Gasteiger partial charge is 0.243 e. The topological polar surface area (TPSA) is 144 Å². The van der Waals surface area contributed by atoms with E-state index in [0.717, 1.165) is 34.5 Å². The van der Waals surface area contributed by atoms with Gasteiger partial charge < -0.3 is 30.3 Å². The molecule has 2 amide bonds. The van der Waals surface area contributed by atoms with E-state index in [4.69, 9.17) is 15.0 Å². The second-order valence-corrected chi connectivity index (χ2v) is 11.5. The zero-order valence-electron chi connectivity index (χ0n) is 23.6. The van der Waals surface area contributed by atoms with Crippen LogP contribution in [0.2, 0.25) is 0 Å². The summed E-state index contributed by atoms with van der Waals surface area (Å²) in [5, 5.41) is 17.3. The number of benzene rings is 1. The SMILES string of the molecule is Cc1cc(C(C(=O)N2C[C@H](O)C[C@H]2C(=O)NCc2ccc(-c3scnc3C)cc2OCCCCN)C(C)C)on1. The molecule has 3 heterocycles. The van der Waals surface area contributed by atoms with Crippen LogP contribution >= 0.6 is 11.3 Å². The largest absolute Gasteiger partial charge is 0.493 e. The zero-order valence-corrected chi connectivity index (χ0v) is 24.4. The summed E-state index contributed by atoms with van der Waals surface area (Å²) in [6.45, 7) is 9.04. The van der Waals surface area contributed by atoms with Crippen LogP contribution in [-0.4, -0.2) is 63.8 Å². The molecule has 1 aromatic carbocycles. The first kappa shape index (κ1) is 29.7. The lowest BCUT2D eigenvalue weighted by Gasteiger charge is -2.28. The minimum Gasteiger partial charge on any atom is -0.493 e. The maximum absolute atomic E-state index is 13.6. The molecule has 0 bridgehead atoms. The average molecular weight is 570 g/mol. The fourth-order valence-corrected chi connectivity index (χ4v) is 5.84. The minimum atomic E-state index is -0.791. The Bertz CT molecular complexity index is 1310. The summed E-state index contributed by atoms with van der Waals surface area (Å²) < 4.78 is 11.5. The highest BCUT2D eigenvalue weighted by molar-refractivity contribution is 7.13. The Morgan fingerprint density at radius 2 is 2.08 bits per heavy atom. The van der Waals surface area contributed by atoms with E-state index in [9.17, 15) is 14.7 Å². The molecule has 3 atom stereocenters. The predicted molar refractivity (Wildman–Crippen MR) is 153 cm³/mol. The molecule has 216 valence electrons. The van der Waals surface area contributed by atoms with Gasteiger partial charge in [0.1, 0.15) is 23.5 Å². The van der Waals surface area contributed by atoms with Gasteiger partial charge in [-0.15, -0.1) is 11.3 Å². The van der Waals surface area contributed by atoms with Gasteiger partial charge in [-0.2, -0.15) is 0 Å². The number of aliphatic hydroxyl groups excluding tert-OH is 1. The molecule has 4 rings (SSSR count). The molecule has 3 aromatic rings. The van der Waals surface area contributed by atoms with Crippen LogP contribution in [-0.2, 0) is 16.1 Å². The second-order valence-electron chi connectivity index (χ2n) is 10.6. The predicted octanol–water partition coefficient (Wildman–Crippen LogP) is 3.55. The maximum atomic E-state index is 13.6. The van der Waals surface area contributed by atoms with E-state index in [1.54, 1.807) is 24.3 Å². The van der Waals surface area contributed by atoms with E-state index >= 15 is 0 Å². The van der Waals surface area contributed by atoms with E-state index in [1.165, 1.54) is 4.90 Å². The van der Waals surface area contributed by atoms with Crippen LogP contribution in [0.4, 0.5) is 0 Å². The highest BCUT2D eigenvalue weighted by Crippen LogP contribution is 2.33. The summed E-state index contributed by atoms with van der Waals surface area (Å²) in [4.78, 5) is 33.9. The second kappa shape index (κ2) is 13.4. The standard InChI is InChI=1S/C29H39N5O5S/c1-17(2)26(25-11-18(3)33-39-25)29(37)34-15-22(35)13-23(34)28(36)31-14-21-8-7-20(27-19(4)32-16-40-27)12-24(21)38-10-6-5-9-30/h7-8,11-12,16-17,22-23,26,35H,5-6,9-10,13-15,30H2,1-4H3,(H,31,36)/t22-,23+,26?/m1/s1. The zero-order chi connectivity index (χ0) is 28.8. The molecule has 1 aliphatic rings. The minimum absolute atomic E-state index is 0.0824. The normalized spacial score (nSPS) is 17.8. The molecule has 1 aliphatic heterocycles. The van der Waals surface area contributed by atoms with Crippen LogP contribution in [0.25, 0.3) is 10.4 Å². The first-order chi connectivity index (χ1) is 19.2. The lowest BCUT2D eigenvalue weighted by molar-refractivity contribution is -0.141. The van der Waals surface area contributed by atoms with Gasteiger partial charge in [0.2, 0.25) is 11.8 Å². The first-order valence-electron chi connectivity index (χ1n) is 13.7. The summed E-state index contributed by atoms with van der Waals surface area (Å²) in [5.41, 5.74) is 10.9. The van der Waals surface area contributed by atoms with E-state index in [-0.39, 0.29) is 37.2 Å². The Kier molecular flexibility index (Phi) is 9.94. The van der Waals surface area contributed by atoms with Gasteiger partial charge in [-0.3, -0.25) is 9.59 Å². The van der Waals surface area contributed by atoms with Gasteiger partial charge in [-0.25, -0.2) is 4.98 Å². The lowest BCUT2D eigenvalue weighted by Crippen LogP contribution is -2.48. The van der Waals surface area contributed by atoms with Crippen molar-refractivity contribution in [2.45, 2.75) is 71.6 Å². The van der Waals surface area contributed by atoms with Crippen molar-refractivity contribution in [1.82, 2.24) is 20.4 Å². The number of thiazole rings is 1. The fraction of sp³-hybridized carbons (Fsp3) is 0.517. The molecule has 1 saturated heterocycles. The Morgan fingerprint density at radius 1 is 1.27 bits per heavy atom. The molecule has 0 saturated carbocycles. The number of nitrogens with one attached hydrogen (secondary N) is 1. The Labute approximate surface area is 238 Å². The first-order valence-corrected chi connectivity index (χ1v) is 14.6. The molecular formula is C29H39N5O5S. The molecule has 0 radical (unpaired) electrons. The number of carbonyl (C=O) groups excluding carboxylic acids is 2. The number of nitrogens with zero attached hydrogens (tertiary/aromatic N) is 3. The molecule has 1 fully saturated rings. The number of aromatic nitrogens is 2. The summed E-state index contributed by atoms with van der Waals surface area (Å²) in [7, 11) is 0. The number of ether oxygens (including phenoxy) is 1. The van der Waals surface area contributed by atoms with Crippen LogP contribution < -0.4 is 15.8 Å². The van der Waals surface area contributed by atoms with E-state index < -0.39 is 18.1 Å². The molecule has 4 N–H and O–H groups in total. The van der Waals surface area contributed by atoms with Gasteiger partial charge in [0.05, 0.1) is 34.5 Å². The molecule has 10 nitrogen and oxygen atoms in total. The van der Waals surface area contributed by atoms with E-state index in [0.29, 0.717) is 30.4 Å². The number of carbonyl (C=O) groups is 2. The third kappa shape index (κ3) is 6.89. The number of aryl methyl sites for hydroxylation is 2. The number of aliphatic hydroxyl groups is 1. The lowest BCUT2D eigenvalue weighted by atomic mass is 9.91. The van der Waals surface area contributed by atoms with Gasteiger partial charge in [-0.1, -0.05) is 31.1 Å². The summed E-state index contributed by atoms with van der Waals surface area (Å²) in [5.74, 6) is -0.110. The molecule has 0 spiro atoms. The average Bonchev–Trinajstić information content (AvgIpc) is 3.65. The molecule has 11 heteroatoms. The van der Waals surface area contributed by atoms with Crippen LogP contribution in [0.3, 0.4) is 0 Å². The number of likely N-dealkylation sites (tertiary alicyclic amines) is 1. The third-order valence-electron chi connectivity index (χ3n) is 7.13. The van der Waals surface area contributed by atoms with Crippen molar-refractivity contribution in [3.63, 3.8) is 0 Å². The highest BCUT2D eigenvalue weighted by atomic mass is 32.1. The fourth-order valence-electron chi connectivity index (χ4n) is 5.03. The summed E-state index contributed by atoms with van der Waals surface area (Å²) in [6.07, 6.45) is 1.07. The maximum Gasteiger partial charge on any atom is 0.243 e.